The van der Waals surface area contributed by atoms with Crippen LogP contribution >= 0.6 is 0 Å². The molecule has 6 heteroatoms. The SMILES string of the molecule is CC1(C)CC2(CC(C)(C)N1OC1CCCCC1)NC(=O)C1(CCNCC1)O2. The van der Waals surface area contributed by atoms with E-state index in [2.05, 4.69) is 43.4 Å². The maximum absolute atomic E-state index is 12.9. The number of nitrogens with zero attached hydrogens (tertiary/aromatic N) is 1. The second kappa shape index (κ2) is 6.68. The van der Waals surface area contributed by atoms with Crippen LogP contribution in [-0.4, -0.2) is 52.6 Å². The van der Waals surface area contributed by atoms with Crippen LogP contribution in [0.5, 0.6) is 0 Å². The summed E-state index contributed by atoms with van der Waals surface area (Å²) in [6.07, 6.45) is 9.47. The Balaban J connectivity index is 1.54. The molecule has 0 unspecified atom stereocenters. The quantitative estimate of drug-likeness (QED) is 0.772. The smallest absolute Gasteiger partial charge is 0.254 e. The van der Waals surface area contributed by atoms with Crippen molar-refractivity contribution in [3.8, 4) is 0 Å². The van der Waals surface area contributed by atoms with Crippen LogP contribution in [0.1, 0.15) is 85.5 Å². The molecule has 3 aliphatic heterocycles. The Labute approximate surface area is 163 Å². The van der Waals surface area contributed by atoms with E-state index < -0.39 is 11.3 Å². The van der Waals surface area contributed by atoms with Crippen LogP contribution in [0.15, 0.2) is 0 Å². The highest BCUT2D eigenvalue weighted by molar-refractivity contribution is 5.88. The summed E-state index contributed by atoms with van der Waals surface area (Å²) >= 11 is 0. The third-order valence-electron chi connectivity index (χ3n) is 6.90. The number of nitrogens with one attached hydrogen (secondary N) is 2. The van der Waals surface area contributed by atoms with Gasteiger partial charge in [-0.15, -0.1) is 0 Å². The predicted molar refractivity (Wildman–Crippen MR) is 104 cm³/mol. The molecule has 154 valence electrons. The molecule has 2 spiro atoms. The predicted octanol–water partition coefficient (Wildman–Crippen LogP) is 2.87. The van der Waals surface area contributed by atoms with Gasteiger partial charge in [0.15, 0.2) is 5.60 Å². The van der Waals surface area contributed by atoms with Crippen molar-refractivity contribution >= 4 is 5.91 Å². The van der Waals surface area contributed by atoms with Crippen LogP contribution in [0, 0.1) is 0 Å². The van der Waals surface area contributed by atoms with E-state index in [0.717, 1.165) is 51.6 Å². The Hall–Kier alpha value is -0.690. The molecule has 0 aromatic carbocycles. The van der Waals surface area contributed by atoms with Gasteiger partial charge >= 0.3 is 0 Å². The number of carbonyl (C=O) groups is 1. The minimum Gasteiger partial charge on any atom is -0.339 e. The summed E-state index contributed by atoms with van der Waals surface area (Å²) in [5.41, 5.74) is -1.67. The molecule has 0 aromatic rings. The lowest BCUT2D eigenvalue weighted by atomic mass is 9.76. The highest BCUT2D eigenvalue weighted by Gasteiger charge is 2.63. The number of amides is 1. The average molecular weight is 380 g/mol. The van der Waals surface area contributed by atoms with E-state index in [4.69, 9.17) is 9.57 Å². The standard InChI is InChI=1S/C21H37N3O3/c1-18(2)14-21(23-17(25)20(27-21)10-12-22-13-11-20)15-19(3,4)24(18)26-16-8-6-5-7-9-16/h16,22H,5-15H2,1-4H3,(H,23,25). The van der Waals surface area contributed by atoms with Crippen LogP contribution in [0.25, 0.3) is 0 Å². The van der Waals surface area contributed by atoms with Gasteiger partial charge in [-0.05, 0) is 66.5 Å². The Bertz CT molecular complexity index is 559. The summed E-state index contributed by atoms with van der Waals surface area (Å²) in [6, 6.07) is 0. The summed E-state index contributed by atoms with van der Waals surface area (Å²) in [7, 11) is 0. The van der Waals surface area contributed by atoms with Crippen LogP contribution < -0.4 is 10.6 Å². The molecule has 0 bridgehead atoms. The lowest BCUT2D eigenvalue weighted by molar-refractivity contribution is -0.335. The molecular weight excluding hydrogens is 342 g/mol. The van der Waals surface area contributed by atoms with E-state index in [0.29, 0.717) is 6.10 Å². The van der Waals surface area contributed by atoms with Gasteiger partial charge in [-0.2, -0.15) is 5.06 Å². The highest BCUT2D eigenvalue weighted by Crippen LogP contribution is 2.50. The average Bonchev–Trinajstić information content (AvgIpc) is 2.82. The van der Waals surface area contributed by atoms with Crippen LogP contribution in [-0.2, 0) is 14.4 Å². The Morgan fingerprint density at radius 3 is 2.19 bits per heavy atom. The fourth-order valence-corrected chi connectivity index (χ4v) is 6.12. The van der Waals surface area contributed by atoms with Gasteiger partial charge < -0.3 is 15.4 Å². The van der Waals surface area contributed by atoms with E-state index in [9.17, 15) is 4.79 Å². The molecule has 4 rings (SSSR count). The monoisotopic (exact) mass is 379 g/mol. The molecule has 3 heterocycles. The summed E-state index contributed by atoms with van der Waals surface area (Å²) < 4.78 is 6.66. The highest BCUT2D eigenvalue weighted by atomic mass is 16.7. The van der Waals surface area contributed by atoms with Gasteiger partial charge in [0.2, 0.25) is 0 Å². The molecule has 1 aliphatic carbocycles. The molecule has 4 aliphatic rings. The number of hydrogen-bond donors (Lipinski definition) is 2. The first kappa shape index (κ1) is 19.6. The lowest BCUT2D eigenvalue weighted by Gasteiger charge is -2.57. The van der Waals surface area contributed by atoms with Gasteiger partial charge in [0.25, 0.3) is 5.91 Å². The van der Waals surface area contributed by atoms with E-state index in [1.54, 1.807) is 0 Å². The third-order valence-corrected chi connectivity index (χ3v) is 6.90. The van der Waals surface area contributed by atoms with Gasteiger partial charge in [-0.3, -0.25) is 9.63 Å². The van der Waals surface area contributed by atoms with E-state index in [1.165, 1.54) is 19.3 Å². The number of ether oxygens (including phenoxy) is 1. The van der Waals surface area contributed by atoms with Crippen molar-refractivity contribution in [3.63, 3.8) is 0 Å². The molecule has 0 atom stereocenters. The number of piperidine rings is 2. The Kier molecular flexibility index (Phi) is 4.86. The second-order valence-electron chi connectivity index (χ2n) is 10.4. The molecule has 0 aromatic heterocycles. The summed E-state index contributed by atoms with van der Waals surface area (Å²) in [5.74, 6) is 0.0808. The van der Waals surface area contributed by atoms with Crippen LogP contribution in [0.2, 0.25) is 0 Å². The zero-order valence-electron chi connectivity index (χ0n) is 17.5. The summed E-state index contributed by atoms with van der Waals surface area (Å²) in [5, 5.41) is 8.87. The van der Waals surface area contributed by atoms with Crippen LogP contribution in [0.3, 0.4) is 0 Å². The van der Waals surface area contributed by atoms with Crippen molar-refractivity contribution in [2.75, 3.05) is 13.1 Å². The molecule has 6 nitrogen and oxygen atoms in total. The minimum atomic E-state index is -0.649. The van der Waals surface area contributed by atoms with Gasteiger partial charge in [-0.1, -0.05) is 19.3 Å². The number of rotatable bonds is 2. The van der Waals surface area contributed by atoms with Gasteiger partial charge in [-0.25, -0.2) is 0 Å². The molecule has 1 saturated carbocycles. The summed E-state index contributed by atoms with van der Waals surface area (Å²) in [4.78, 5) is 19.5. The molecular formula is C21H37N3O3. The summed E-state index contributed by atoms with van der Waals surface area (Å²) in [6.45, 7) is 10.6. The molecule has 4 fully saturated rings. The third kappa shape index (κ3) is 3.54. The number of hydrogen-bond acceptors (Lipinski definition) is 5. The van der Waals surface area contributed by atoms with Crippen molar-refractivity contribution in [2.45, 2.75) is 114 Å². The van der Waals surface area contributed by atoms with Crippen molar-refractivity contribution in [3.05, 3.63) is 0 Å². The fourth-order valence-electron chi connectivity index (χ4n) is 6.12. The zero-order valence-corrected chi connectivity index (χ0v) is 17.5. The topological polar surface area (TPSA) is 62.8 Å². The molecule has 0 radical (unpaired) electrons. The first-order valence-electron chi connectivity index (χ1n) is 10.9. The molecule has 1 amide bonds. The van der Waals surface area contributed by atoms with Gasteiger partial charge in [0, 0.05) is 23.9 Å². The second-order valence-corrected chi connectivity index (χ2v) is 10.4. The number of hydroxylamine groups is 2. The van der Waals surface area contributed by atoms with Crippen LogP contribution in [0.4, 0.5) is 0 Å². The van der Waals surface area contributed by atoms with E-state index in [1.807, 2.05) is 0 Å². The molecule has 27 heavy (non-hydrogen) atoms. The van der Waals surface area contributed by atoms with Gasteiger partial charge in [0.05, 0.1) is 6.10 Å². The maximum Gasteiger partial charge on any atom is 0.254 e. The Morgan fingerprint density at radius 2 is 1.59 bits per heavy atom. The molecule has 2 N–H and O–H groups in total. The zero-order chi connectivity index (χ0) is 19.3. The largest absolute Gasteiger partial charge is 0.339 e. The lowest BCUT2D eigenvalue weighted by Crippen LogP contribution is -2.68. The first-order valence-corrected chi connectivity index (χ1v) is 10.9. The number of carbonyl (C=O) groups excluding carboxylic acids is 1. The first-order chi connectivity index (χ1) is 12.7. The Morgan fingerprint density at radius 1 is 1.00 bits per heavy atom. The maximum atomic E-state index is 12.9. The van der Waals surface area contributed by atoms with Crippen molar-refractivity contribution in [1.82, 2.24) is 15.7 Å². The minimum absolute atomic E-state index is 0.0808. The normalized spacial score (nSPS) is 32.7. The van der Waals surface area contributed by atoms with Gasteiger partial charge in [0.1, 0.15) is 5.72 Å². The van der Waals surface area contributed by atoms with Crippen molar-refractivity contribution in [2.24, 2.45) is 0 Å². The van der Waals surface area contributed by atoms with E-state index in [-0.39, 0.29) is 17.0 Å². The molecule has 3 saturated heterocycles. The van der Waals surface area contributed by atoms with Crippen molar-refractivity contribution in [1.29, 1.82) is 0 Å². The fraction of sp³-hybridized carbons (Fsp3) is 0.952. The van der Waals surface area contributed by atoms with Crippen molar-refractivity contribution < 1.29 is 14.4 Å². The van der Waals surface area contributed by atoms with E-state index >= 15 is 0 Å².